The second-order valence-electron chi connectivity index (χ2n) is 4.70. The van der Waals surface area contributed by atoms with Crippen molar-refractivity contribution in [2.75, 3.05) is 11.9 Å². The molecule has 0 heterocycles. The van der Waals surface area contributed by atoms with Crippen LogP contribution >= 0.6 is 15.9 Å². The highest BCUT2D eigenvalue weighted by Gasteiger charge is 2.17. The largest absolute Gasteiger partial charge is 0.240 e. The fourth-order valence-corrected chi connectivity index (χ4v) is 3.89. The SMILES string of the molecule is Cc1ccc(C)c(S(=O)(=O)NCC(C)CCBr)c1. The highest BCUT2D eigenvalue weighted by Crippen LogP contribution is 2.17. The van der Waals surface area contributed by atoms with Crippen molar-refractivity contribution < 1.29 is 8.42 Å². The van der Waals surface area contributed by atoms with Gasteiger partial charge in [-0.1, -0.05) is 35.0 Å². The Morgan fingerprint density at radius 2 is 2.00 bits per heavy atom. The molecule has 0 radical (unpaired) electrons. The molecule has 0 aliphatic rings. The lowest BCUT2D eigenvalue weighted by Crippen LogP contribution is -2.29. The summed E-state index contributed by atoms with van der Waals surface area (Å²) in [5.41, 5.74) is 1.73. The van der Waals surface area contributed by atoms with Gasteiger partial charge in [-0.05, 0) is 43.4 Å². The van der Waals surface area contributed by atoms with Gasteiger partial charge in [0, 0.05) is 11.9 Å². The molecule has 1 rings (SSSR count). The van der Waals surface area contributed by atoms with E-state index in [0.29, 0.717) is 17.4 Å². The molecule has 0 aliphatic carbocycles. The van der Waals surface area contributed by atoms with E-state index < -0.39 is 10.0 Å². The summed E-state index contributed by atoms with van der Waals surface area (Å²) in [7, 11) is -3.39. The second kappa shape index (κ2) is 6.68. The zero-order valence-corrected chi connectivity index (χ0v) is 13.4. The fraction of sp³-hybridized carbons (Fsp3) is 0.538. The quantitative estimate of drug-likeness (QED) is 0.813. The maximum atomic E-state index is 12.2. The predicted octanol–water partition coefficient (Wildman–Crippen LogP) is 3.00. The molecule has 0 bridgehead atoms. The van der Waals surface area contributed by atoms with Gasteiger partial charge in [0.15, 0.2) is 0 Å². The molecule has 0 aromatic heterocycles. The lowest BCUT2D eigenvalue weighted by atomic mass is 10.1. The van der Waals surface area contributed by atoms with Crippen LogP contribution in [0.4, 0.5) is 0 Å². The molecule has 1 aromatic carbocycles. The molecule has 0 saturated heterocycles. The number of nitrogens with one attached hydrogen (secondary N) is 1. The van der Waals surface area contributed by atoms with E-state index in [1.54, 1.807) is 6.07 Å². The third kappa shape index (κ3) is 4.37. The first kappa shape index (κ1) is 15.7. The number of rotatable bonds is 6. The minimum atomic E-state index is -3.39. The fourth-order valence-electron chi connectivity index (χ4n) is 1.61. The van der Waals surface area contributed by atoms with Crippen LogP contribution in [0.5, 0.6) is 0 Å². The van der Waals surface area contributed by atoms with Gasteiger partial charge in [0.1, 0.15) is 0 Å². The maximum absolute atomic E-state index is 12.2. The van der Waals surface area contributed by atoms with Crippen LogP contribution in [0.25, 0.3) is 0 Å². The number of alkyl halides is 1. The molecule has 102 valence electrons. The zero-order chi connectivity index (χ0) is 13.8. The average Bonchev–Trinajstić information content (AvgIpc) is 2.30. The lowest BCUT2D eigenvalue weighted by Gasteiger charge is -2.13. The van der Waals surface area contributed by atoms with E-state index in [2.05, 4.69) is 20.7 Å². The molecule has 1 unspecified atom stereocenters. The molecule has 5 heteroatoms. The normalized spacial score (nSPS) is 13.6. The third-order valence-electron chi connectivity index (χ3n) is 2.86. The van der Waals surface area contributed by atoms with Gasteiger partial charge in [-0.2, -0.15) is 0 Å². The van der Waals surface area contributed by atoms with Crippen LogP contribution in [0.1, 0.15) is 24.5 Å². The first-order valence-electron chi connectivity index (χ1n) is 5.99. The standard InChI is InChI=1S/C13H20BrNO2S/c1-10-4-5-12(3)13(8-10)18(16,17)15-9-11(2)6-7-14/h4-5,8,11,15H,6-7,9H2,1-3H3. The van der Waals surface area contributed by atoms with Crippen molar-refractivity contribution in [2.45, 2.75) is 32.1 Å². The molecule has 1 N–H and O–H groups in total. The van der Waals surface area contributed by atoms with Crippen LogP contribution in [0.15, 0.2) is 23.1 Å². The van der Waals surface area contributed by atoms with E-state index in [9.17, 15) is 8.42 Å². The van der Waals surface area contributed by atoms with Crippen LogP contribution < -0.4 is 4.72 Å². The van der Waals surface area contributed by atoms with E-state index in [1.165, 1.54) is 0 Å². The van der Waals surface area contributed by atoms with Crippen molar-refractivity contribution in [2.24, 2.45) is 5.92 Å². The maximum Gasteiger partial charge on any atom is 0.240 e. The number of halogens is 1. The van der Waals surface area contributed by atoms with Gasteiger partial charge >= 0.3 is 0 Å². The van der Waals surface area contributed by atoms with Crippen LogP contribution in [0, 0.1) is 19.8 Å². The average molecular weight is 334 g/mol. The van der Waals surface area contributed by atoms with Crippen molar-refractivity contribution in [1.82, 2.24) is 4.72 Å². The molecule has 18 heavy (non-hydrogen) atoms. The lowest BCUT2D eigenvalue weighted by molar-refractivity contribution is 0.531. The minimum Gasteiger partial charge on any atom is -0.211 e. The molecule has 0 spiro atoms. The van der Waals surface area contributed by atoms with E-state index in [4.69, 9.17) is 0 Å². The summed E-state index contributed by atoms with van der Waals surface area (Å²) >= 11 is 3.36. The van der Waals surface area contributed by atoms with Gasteiger partial charge < -0.3 is 0 Å². The molecular weight excluding hydrogens is 314 g/mol. The van der Waals surface area contributed by atoms with Crippen LogP contribution in [0.3, 0.4) is 0 Å². The molecule has 1 aromatic rings. The van der Waals surface area contributed by atoms with Crippen LogP contribution in [-0.2, 0) is 10.0 Å². The minimum absolute atomic E-state index is 0.323. The van der Waals surface area contributed by atoms with Gasteiger partial charge in [0.2, 0.25) is 10.0 Å². The molecular formula is C13H20BrNO2S. The number of sulfonamides is 1. The number of aryl methyl sites for hydroxylation is 2. The molecule has 0 fully saturated rings. The molecule has 3 nitrogen and oxygen atoms in total. The van der Waals surface area contributed by atoms with Gasteiger partial charge in [0.05, 0.1) is 4.90 Å². The third-order valence-corrected chi connectivity index (χ3v) is 4.88. The van der Waals surface area contributed by atoms with Crippen molar-refractivity contribution in [3.8, 4) is 0 Å². The van der Waals surface area contributed by atoms with Crippen molar-refractivity contribution >= 4 is 26.0 Å². The summed E-state index contributed by atoms with van der Waals surface area (Å²) < 4.78 is 27.1. The molecule has 1 atom stereocenters. The molecule has 0 saturated carbocycles. The summed E-state index contributed by atoms with van der Waals surface area (Å²) in [6, 6.07) is 5.47. The van der Waals surface area contributed by atoms with Gasteiger partial charge in [-0.25, -0.2) is 13.1 Å². The van der Waals surface area contributed by atoms with Gasteiger partial charge in [-0.3, -0.25) is 0 Å². The Hall–Kier alpha value is -0.390. The Morgan fingerprint density at radius 3 is 2.61 bits per heavy atom. The second-order valence-corrected chi connectivity index (χ2v) is 7.23. The number of hydrogen-bond donors (Lipinski definition) is 1. The first-order valence-corrected chi connectivity index (χ1v) is 8.60. The van der Waals surface area contributed by atoms with E-state index in [-0.39, 0.29) is 0 Å². The highest BCUT2D eigenvalue weighted by atomic mass is 79.9. The van der Waals surface area contributed by atoms with Gasteiger partial charge in [0.25, 0.3) is 0 Å². The molecule has 0 amide bonds. The van der Waals surface area contributed by atoms with Gasteiger partial charge in [-0.15, -0.1) is 0 Å². The first-order chi connectivity index (χ1) is 8.36. The van der Waals surface area contributed by atoms with E-state index in [0.717, 1.165) is 22.9 Å². The van der Waals surface area contributed by atoms with Crippen molar-refractivity contribution in [3.63, 3.8) is 0 Å². The Bertz CT molecular complexity index is 500. The summed E-state index contributed by atoms with van der Waals surface area (Å²) in [5, 5.41) is 0.888. The number of benzene rings is 1. The topological polar surface area (TPSA) is 46.2 Å². The summed E-state index contributed by atoms with van der Waals surface area (Å²) in [6.45, 7) is 6.22. The molecule has 0 aliphatic heterocycles. The summed E-state index contributed by atoms with van der Waals surface area (Å²) in [4.78, 5) is 0.383. The highest BCUT2D eigenvalue weighted by molar-refractivity contribution is 9.09. The Labute approximate surface area is 118 Å². The van der Waals surface area contributed by atoms with E-state index >= 15 is 0 Å². The Kier molecular flexibility index (Phi) is 5.82. The Morgan fingerprint density at radius 1 is 1.33 bits per heavy atom. The monoisotopic (exact) mass is 333 g/mol. The predicted molar refractivity (Wildman–Crippen MR) is 78.7 cm³/mol. The number of hydrogen-bond acceptors (Lipinski definition) is 2. The zero-order valence-electron chi connectivity index (χ0n) is 11.0. The smallest absolute Gasteiger partial charge is 0.211 e. The van der Waals surface area contributed by atoms with E-state index in [1.807, 2.05) is 32.9 Å². The van der Waals surface area contributed by atoms with Crippen molar-refractivity contribution in [3.05, 3.63) is 29.3 Å². The summed E-state index contributed by atoms with van der Waals surface area (Å²) in [5.74, 6) is 0.323. The van der Waals surface area contributed by atoms with Crippen LogP contribution in [0.2, 0.25) is 0 Å². The summed E-state index contributed by atoms with van der Waals surface area (Å²) in [6.07, 6.45) is 0.954. The Balaban J connectivity index is 2.83. The van der Waals surface area contributed by atoms with Crippen LogP contribution in [-0.4, -0.2) is 20.3 Å². The van der Waals surface area contributed by atoms with Crippen molar-refractivity contribution in [1.29, 1.82) is 0 Å².